The van der Waals surface area contributed by atoms with Crippen molar-refractivity contribution in [3.63, 3.8) is 0 Å². The van der Waals surface area contributed by atoms with Gasteiger partial charge in [0.25, 0.3) is 0 Å². The van der Waals surface area contributed by atoms with Gasteiger partial charge in [-0.1, -0.05) is 26.7 Å². The largest absolute Gasteiger partial charge is 0.466 e. The van der Waals surface area contributed by atoms with Crippen molar-refractivity contribution in [2.24, 2.45) is 5.73 Å². The number of hydrogen-bond donors (Lipinski definition) is 1. The fraction of sp³-hybridized carbons (Fsp3) is 0.900. The fourth-order valence-electron chi connectivity index (χ4n) is 0.955. The van der Waals surface area contributed by atoms with Crippen LogP contribution in [0.1, 0.15) is 46.0 Å². The molecule has 0 aromatic heterocycles. The second-order valence-corrected chi connectivity index (χ2v) is 3.30. The summed E-state index contributed by atoms with van der Waals surface area (Å²) in [4.78, 5) is 11.1. The SMILES string of the molecule is CCCCCOC(=O)CC(N)CC. The van der Waals surface area contributed by atoms with E-state index in [9.17, 15) is 4.79 Å². The van der Waals surface area contributed by atoms with Gasteiger partial charge in [-0.2, -0.15) is 0 Å². The van der Waals surface area contributed by atoms with Crippen LogP contribution in [0.3, 0.4) is 0 Å². The Kier molecular flexibility index (Phi) is 7.69. The molecule has 1 unspecified atom stereocenters. The zero-order chi connectivity index (χ0) is 10.1. The molecule has 78 valence electrons. The van der Waals surface area contributed by atoms with Crippen LogP contribution in [0.4, 0.5) is 0 Å². The first-order valence-electron chi connectivity index (χ1n) is 5.11. The summed E-state index contributed by atoms with van der Waals surface area (Å²) in [5, 5.41) is 0. The van der Waals surface area contributed by atoms with Gasteiger partial charge in [0.2, 0.25) is 0 Å². The maximum Gasteiger partial charge on any atom is 0.307 e. The zero-order valence-electron chi connectivity index (χ0n) is 8.71. The van der Waals surface area contributed by atoms with E-state index in [0.29, 0.717) is 13.0 Å². The first-order valence-corrected chi connectivity index (χ1v) is 5.11. The van der Waals surface area contributed by atoms with Crippen LogP contribution in [-0.2, 0) is 9.53 Å². The van der Waals surface area contributed by atoms with E-state index in [4.69, 9.17) is 10.5 Å². The molecule has 2 N–H and O–H groups in total. The van der Waals surface area contributed by atoms with Gasteiger partial charge in [0, 0.05) is 6.04 Å². The molecule has 0 rings (SSSR count). The lowest BCUT2D eigenvalue weighted by atomic mass is 10.2. The number of rotatable bonds is 7. The monoisotopic (exact) mass is 187 g/mol. The van der Waals surface area contributed by atoms with E-state index in [1.807, 2.05) is 6.92 Å². The summed E-state index contributed by atoms with van der Waals surface area (Å²) in [6.07, 6.45) is 4.40. The Balaban J connectivity index is 3.30. The smallest absolute Gasteiger partial charge is 0.307 e. The Hall–Kier alpha value is -0.570. The molecule has 0 aromatic carbocycles. The zero-order valence-corrected chi connectivity index (χ0v) is 8.71. The summed E-state index contributed by atoms with van der Waals surface area (Å²) in [5.41, 5.74) is 5.60. The molecule has 0 saturated carbocycles. The first kappa shape index (κ1) is 12.4. The van der Waals surface area contributed by atoms with E-state index in [2.05, 4.69) is 6.92 Å². The van der Waals surface area contributed by atoms with E-state index in [0.717, 1.165) is 25.7 Å². The Morgan fingerprint density at radius 1 is 1.38 bits per heavy atom. The second-order valence-electron chi connectivity index (χ2n) is 3.30. The number of ether oxygens (including phenoxy) is 1. The molecule has 3 heteroatoms. The highest BCUT2D eigenvalue weighted by Gasteiger charge is 2.07. The van der Waals surface area contributed by atoms with Crippen LogP contribution < -0.4 is 5.73 Å². The van der Waals surface area contributed by atoms with Crippen LogP contribution >= 0.6 is 0 Å². The summed E-state index contributed by atoms with van der Waals surface area (Å²) >= 11 is 0. The molecule has 0 bridgehead atoms. The minimum atomic E-state index is -0.162. The topological polar surface area (TPSA) is 52.3 Å². The van der Waals surface area contributed by atoms with E-state index < -0.39 is 0 Å². The highest BCUT2D eigenvalue weighted by atomic mass is 16.5. The molecule has 13 heavy (non-hydrogen) atoms. The predicted molar refractivity (Wildman–Crippen MR) is 53.4 cm³/mol. The number of nitrogens with two attached hydrogens (primary N) is 1. The summed E-state index contributed by atoms with van der Waals surface area (Å²) in [6, 6.07) is -0.0429. The molecule has 0 amide bonds. The molecule has 0 aliphatic heterocycles. The van der Waals surface area contributed by atoms with Crippen LogP contribution in [0.15, 0.2) is 0 Å². The van der Waals surface area contributed by atoms with Crippen LogP contribution in [-0.4, -0.2) is 18.6 Å². The van der Waals surface area contributed by atoms with Crippen molar-refractivity contribution >= 4 is 5.97 Å². The quantitative estimate of drug-likeness (QED) is 0.489. The van der Waals surface area contributed by atoms with E-state index in [-0.39, 0.29) is 12.0 Å². The van der Waals surface area contributed by atoms with Gasteiger partial charge in [-0.15, -0.1) is 0 Å². The predicted octanol–water partition coefficient (Wildman–Crippen LogP) is 1.85. The van der Waals surface area contributed by atoms with Gasteiger partial charge in [-0.3, -0.25) is 4.79 Å². The lowest BCUT2D eigenvalue weighted by Gasteiger charge is -2.08. The molecule has 1 atom stereocenters. The highest BCUT2D eigenvalue weighted by Crippen LogP contribution is 1.99. The molecule has 0 radical (unpaired) electrons. The molecule has 0 saturated heterocycles. The van der Waals surface area contributed by atoms with E-state index in [1.54, 1.807) is 0 Å². The number of carbonyl (C=O) groups is 1. The molecule has 0 aromatic rings. The fourth-order valence-corrected chi connectivity index (χ4v) is 0.955. The molecule has 0 spiro atoms. The first-order chi connectivity index (χ1) is 6.20. The molecule has 0 heterocycles. The van der Waals surface area contributed by atoms with Crippen molar-refractivity contribution in [1.29, 1.82) is 0 Å². The number of esters is 1. The lowest BCUT2D eigenvalue weighted by Crippen LogP contribution is -2.24. The molecular formula is C10H21NO2. The van der Waals surface area contributed by atoms with Gasteiger partial charge >= 0.3 is 5.97 Å². The second kappa shape index (κ2) is 8.05. The van der Waals surface area contributed by atoms with Gasteiger partial charge < -0.3 is 10.5 Å². The van der Waals surface area contributed by atoms with Gasteiger partial charge in [0.05, 0.1) is 13.0 Å². The van der Waals surface area contributed by atoms with Crippen molar-refractivity contribution < 1.29 is 9.53 Å². The molecular weight excluding hydrogens is 166 g/mol. The van der Waals surface area contributed by atoms with Crippen molar-refractivity contribution in [3.8, 4) is 0 Å². The maximum absolute atomic E-state index is 11.1. The molecule has 0 aliphatic carbocycles. The third-order valence-electron chi connectivity index (χ3n) is 1.96. The average molecular weight is 187 g/mol. The van der Waals surface area contributed by atoms with Crippen molar-refractivity contribution in [2.75, 3.05) is 6.61 Å². The number of carbonyl (C=O) groups excluding carboxylic acids is 1. The Labute approximate surface area is 80.6 Å². The van der Waals surface area contributed by atoms with Crippen LogP contribution in [0.25, 0.3) is 0 Å². The third-order valence-corrected chi connectivity index (χ3v) is 1.96. The minimum absolute atomic E-state index is 0.0429. The van der Waals surface area contributed by atoms with E-state index in [1.165, 1.54) is 0 Å². The standard InChI is InChI=1S/C10H21NO2/c1-3-5-6-7-13-10(12)8-9(11)4-2/h9H,3-8,11H2,1-2H3. The summed E-state index contributed by atoms with van der Waals surface area (Å²) in [5.74, 6) is -0.162. The van der Waals surface area contributed by atoms with Crippen LogP contribution in [0, 0.1) is 0 Å². The molecule has 3 nitrogen and oxygen atoms in total. The molecule has 0 aliphatic rings. The van der Waals surface area contributed by atoms with Gasteiger partial charge in [0.1, 0.15) is 0 Å². The lowest BCUT2D eigenvalue weighted by molar-refractivity contribution is -0.144. The summed E-state index contributed by atoms with van der Waals surface area (Å²) < 4.78 is 5.00. The van der Waals surface area contributed by atoms with Gasteiger partial charge in [-0.25, -0.2) is 0 Å². The molecule has 0 fully saturated rings. The summed E-state index contributed by atoms with van der Waals surface area (Å²) in [6.45, 7) is 4.63. The third kappa shape index (κ3) is 7.78. The van der Waals surface area contributed by atoms with Crippen LogP contribution in [0.5, 0.6) is 0 Å². The Bertz CT molecular complexity index is 137. The summed E-state index contributed by atoms with van der Waals surface area (Å²) in [7, 11) is 0. The van der Waals surface area contributed by atoms with Crippen LogP contribution in [0.2, 0.25) is 0 Å². The van der Waals surface area contributed by atoms with Gasteiger partial charge in [0.15, 0.2) is 0 Å². The Morgan fingerprint density at radius 2 is 2.08 bits per heavy atom. The van der Waals surface area contributed by atoms with Crippen molar-refractivity contribution in [3.05, 3.63) is 0 Å². The average Bonchev–Trinajstić information content (AvgIpc) is 2.12. The van der Waals surface area contributed by atoms with E-state index >= 15 is 0 Å². The Morgan fingerprint density at radius 3 is 2.62 bits per heavy atom. The highest BCUT2D eigenvalue weighted by molar-refractivity contribution is 5.70. The van der Waals surface area contributed by atoms with Gasteiger partial charge in [-0.05, 0) is 12.8 Å². The van der Waals surface area contributed by atoms with Crippen molar-refractivity contribution in [2.45, 2.75) is 52.0 Å². The maximum atomic E-state index is 11.1. The number of unbranched alkanes of at least 4 members (excludes halogenated alkanes) is 2. The number of hydrogen-bond acceptors (Lipinski definition) is 3. The van der Waals surface area contributed by atoms with Crippen molar-refractivity contribution in [1.82, 2.24) is 0 Å². The minimum Gasteiger partial charge on any atom is -0.466 e. The normalized spacial score (nSPS) is 12.5.